The zero-order chi connectivity index (χ0) is 12.5. The molecule has 100 valence electrons. The number of hydrogen-bond donors (Lipinski definition) is 5. The minimum atomic E-state index is -4.40. The molecule has 0 bridgehead atoms. The van der Waals surface area contributed by atoms with Crippen LogP contribution >= 0.6 is 0 Å². The molecule has 0 aliphatic heterocycles. The Balaban J connectivity index is -0.0000000540. The van der Waals surface area contributed by atoms with E-state index in [1.54, 1.807) is 0 Å². The predicted octanol–water partition coefficient (Wildman–Crippen LogP) is -4.92. The van der Waals surface area contributed by atoms with Gasteiger partial charge >= 0.3 is 99.1 Å². The fourth-order valence-electron chi connectivity index (χ4n) is 0.236. The summed E-state index contributed by atoms with van der Waals surface area (Å²) >= 11 is 0. The van der Waals surface area contributed by atoms with Crippen molar-refractivity contribution in [3.63, 3.8) is 0 Å². The summed E-state index contributed by atoms with van der Waals surface area (Å²) in [5, 5.41) is 25.0. The maximum atomic E-state index is 9.44. The van der Waals surface area contributed by atoms with Gasteiger partial charge in [0.25, 0.3) is 0 Å². The van der Waals surface area contributed by atoms with Gasteiger partial charge in [-0.05, 0) is 0 Å². The Morgan fingerprint density at radius 1 is 1.06 bits per heavy atom. The molecule has 18 heavy (non-hydrogen) atoms. The van der Waals surface area contributed by atoms with E-state index in [1.165, 1.54) is 0 Å². The number of aliphatic hydroxyl groups is 3. The number of hydrogen-bond acceptors (Lipinski definition) is 8. The van der Waals surface area contributed by atoms with Gasteiger partial charge in [0.2, 0.25) is 0 Å². The van der Waals surface area contributed by atoms with Gasteiger partial charge in [0.05, 0.1) is 32.5 Å². The first-order valence-electron chi connectivity index (χ1n) is 3.56. The molecule has 9 nitrogen and oxygen atoms in total. The van der Waals surface area contributed by atoms with Crippen molar-refractivity contribution in [2.45, 2.75) is 5.54 Å². The standard InChI is InChI=1S/C4H11NO3.CH4O5S.3Na.3H/c5-4(1-6,2-7)3-8;1-5-6-7(2,3)4;;;;;;/h6-8H,1-3,5H2;1H3,(H,2,3,4);;;;;;. The minimum absolute atomic E-state index is 0. The summed E-state index contributed by atoms with van der Waals surface area (Å²) in [6, 6.07) is 0. The summed E-state index contributed by atoms with van der Waals surface area (Å²) in [5.41, 5.74) is 3.94. The van der Waals surface area contributed by atoms with Crippen molar-refractivity contribution in [3.05, 3.63) is 0 Å². The molecule has 0 fully saturated rings. The molecule has 0 spiro atoms. The second-order valence-corrected chi connectivity index (χ2v) is 3.49. The summed E-state index contributed by atoms with van der Waals surface area (Å²) in [6.07, 6.45) is 0. The molecular formula is C5H18NNa3O8S. The first kappa shape index (κ1) is 32.6. The van der Waals surface area contributed by atoms with Crippen LogP contribution in [0.1, 0.15) is 0 Å². The first-order valence-corrected chi connectivity index (χ1v) is 4.92. The molecule has 0 aliphatic rings. The second-order valence-electron chi connectivity index (χ2n) is 2.50. The van der Waals surface area contributed by atoms with E-state index in [2.05, 4.69) is 9.22 Å². The third kappa shape index (κ3) is 23.7. The number of aliphatic hydroxyl groups excluding tert-OH is 3. The van der Waals surface area contributed by atoms with E-state index in [0.29, 0.717) is 0 Å². The Hall–Kier alpha value is 2.67. The van der Waals surface area contributed by atoms with Gasteiger partial charge in [-0.1, -0.05) is 4.33 Å². The zero-order valence-electron chi connectivity index (χ0n) is 8.03. The molecule has 0 atom stereocenters. The van der Waals surface area contributed by atoms with E-state index in [1.807, 2.05) is 0 Å². The Kier molecular flexibility index (Phi) is 32.1. The van der Waals surface area contributed by atoms with Crippen LogP contribution in [0.3, 0.4) is 0 Å². The SMILES string of the molecule is COOS(=O)(=O)O.NC(CO)(CO)CO.[NaH].[NaH].[NaH]. The van der Waals surface area contributed by atoms with Gasteiger partial charge in [-0.15, -0.1) is 0 Å². The summed E-state index contributed by atoms with van der Waals surface area (Å²) < 4.78 is 29.8. The molecule has 0 amide bonds. The van der Waals surface area contributed by atoms with Crippen LogP contribution in [0.15, 0.2) is 0 Å². The van der Waals surface area contributed by atoms with Gasteiger partial charge in [0.1, 0.15) is 0 Å². The molecule has 0 saturated carbocycles. The molecule has 6 N–H and O–H groups in total. The van der Waals surface area contributed by atoms with E-state index < -0.39 is 35.8 Å². The number of rotatable bonds is 5. The summed E-state index contributed by atoms with van der Waals surface area (Å²) in [5.74, 6) is 0. The molecule has 0 radical (unpaired) electrons. The van der Waals surface area contributed by atoms with Gasteiger partial charge in [0.15, 0.2) is 0 Å². The molecule has 0 aromatic heterocycles. The van der Waals surface area contributed by atoms with Gasteiger partial charge in [-0.25, -0.2) is 4.89 Å². The van der Waals surface area contributed by atoms with Crippen molar-refractivity contribution in [3.8, 4) is 0 Å². The second kappa shape index (κ2) is 17.7. The van der Waals surface area contributed by atoms with Crippen LogP contribution in [0.25, 0.3) is 0 Å². The van der Waals surface area contributed by atoms with Crippen molar-refractivity contribution in [1.82, 2.24) is 0 Å². The predicted molar refractivity (Wildman–Crippen MR) is 69.3 cm³/mol. The van der Waals surface area contributed by atoms with Gasteiger partial charge in [-0.2, -0.15) is 8.42 Å². The molecule has 13 heteroatoms. The number of nitrogens with two attached hydrogens (primary N) is 1. The normalized spacial score (nSPS) is 9.89. The van der Waals surface area contributed by atoms with Gasteiger partial charge < -0.3 is 21.1 Å². The van der Waals surface area contributed by atoms with Crippen molar-refractivity contribution < 1.29 is 37.5 Å². The van der Waals surface area contributed by atoms with E-state index in [9.17, 15) is 8.42 Å². The molecule has 0 aromatic carbocycles. The molecule has 0 heterocycles. The Bertz CT molecular complexity index is 239. The van der Waals surface area contributed by atoms with Crippen molar-refractivity contribution in [1.29, 1.82) is 0 Å². The van der Waals surface area contributed by atoms with Gasteiger partial charge in [-0.3, -0.25) is 4.55 Å². The van der Waals surface area contributed by atoms with Crippen LogP contribution in [0.2, 0.25) is 0 Å². The summed E-state index contributed by atoms with van der Waals surface area (Å²) in [4.78, 5) is 3.57. The molecule has 0 rings (SSSR count). The van der Waals surface area contributed by atoms with Crippen molar-refractivity contribution >= 4 is 99.1 Å². The molecule has 0 aromatic rings. The topological polar surface area (TPSA) is 160 Å². The average Bonchev–Trinajstić information content (AvgIpc) is 2.16. The van der Waals surface area contributed by atoms with E-state index >= 15 is 0 Å². The first-order chi connectivity index (χ1) is 6.74. The molecule has 0 unspecified atom stereocenters. The molecule has 0 aliphatic carbocycles. The van der Waals surface area contributed by atoms with Crippen LogP contribution in [-0.4, -0.2) is 149 Å². The van der Waals surface area contributed by atoms with E-state index in [4.69, 9.17) is 25.6 Å². The third-order valence-electron chi connectivity index (χ3n) is 1.10. The molecular weight excluding hydrogens is 303 g/mol. The van der Waals surface area contributed by atoms with Crippen LogP contribution in [0, 0.1) is 0 Å². The zero-order valence-corrected chi connectivity index (χ0v) is 8.85. The van der Waals surface area contributed by atoms with Crippen LogP contribution in [0.4, 0.5) is 0 Å². The van der Waals surface area contributed by atoms with Crippen molar-refractivity contribution in [2.24, 2.45) is 5.73 Å². The maximum absolute atomic E-state index is 9.44. The fourth-order valence-corrected chi connectivity index (χ4v) is 0.408. The van der Waals surface area contributed by atoms with E-state index in [0.717, 1.165) is 7.11 Å². The van der Waals surface area contributed by atoms with Crippen LogP contribution < -0.4 is 5.73 Å². The molecule has 0 saturated heterocycles. The van der Waals surface area contributed by atoms with E-state index in [-0.39, 0.29) is 88.7 Å². The van der Waals surface area contributed by atoms with Gasteiger partial charge in [0, 0.05) is 0 Å². The Labute approximate surface area is 172 Å². The quantitative estimate of drug-likeness (QED) is 0.145. The van der Waals surface area contributed by atoms with Crippen LogP contribution in [0.5, 0.6) is 0 Å². The van der Waals surface area contributed by atoms with Crippen LogP contribution in [-0.2, 0) is 19.6 Å². The third-order valence-corrected chi connectivity index (χ3v) is 1.41. The van der Waals surface area contributed by atoms with Crippen molar-refractivity contribution in [2.75, 3.05) is 26.9 Å². The monoisotopic (exact) mass is 321 g/mol. The average molecular weight is 321 g/mol. The Morgan fingerprint density at radius 3 is 1.33 bits per heavy atom. The Morgan fingerprint density at radius 2 is 1.33 bits per heavy atom. The summed E-state index contributed by atoms with van der Waals surface area (Å²) in [7, 11) is -3.43. The summed E-state index contributed by atoms with van der Waals surface area (Å²) in [6.45, 7) is -1.21. The fraction of sp³-hybridized carbons (Fsp3) is 1.00.